The topological polar surface area (TPSA) is 87.7 Å². The number of benzene rings is 2. The molecule has 2 aromatic carbocycles. The van der Waals surface area contributed by atoms with Crippen LogP contribution in [0.15, 0.2) is 53.4 Å². The van der Waals surface area contributed by atoms with Gasteiger partial charge in [-0.05, 0) is 43.0 Å². The number of hydrogen-bond acceptors (Lipinski definition) is 4. The Balaban J connectivity index is 1.50. The third-order valence-corrected chi connectivity index (χ3v) is 6.86. The first-order valence-corrected chi connectivity index (χ1v) is 11.2. The molecule has 1 aliphatic rings. The van der Waals surface area contributed by atoms with Gasteiger partial charge in [0, 0.05) is 19.6 Å². The average Bonchev–Trinajstić information content (AvgIpc) is 2.73. The number of anilines is 1. The first-order valence-electron chi connectivity index (χ1n) is 9.34. The molecule has 156 valence electrons. The quantitative estimate of drug-likeness (QED) is 0.723. The first kappa shape index (κ1) is 21.4. The van der Waals surface area contributed by atoms with E-state index in [-0.39, 0.29) is 21.9 Å². The number of piperidine rings is 1. The molecule has 9 heteroatoms. The summed E-state index contributed by atoms with van der Waals surface area (Å²) in [5.41, 5.74) is 0.620. The van der Waals surface area contributed by atoms with Gasteiger partial charge in [-0.15, -0.1) is 0 Å². The summed E-state index contributed by atoms with van der Waals surface area (Å²) in [4.78, 5) is 14.3. The number of ether oxygens (including phenoxy) is 1. The highest BCUT2D eigenvalue weighted by atomic mass is 35.5. The van der Waals surface area contributed by atoms with Crippen molar-refractivity contribution in [2.24, 2.45) is 5.92 Å². The molecule has 0 aliphatic carbocycles. The number of methoxy groups -OCH3 is 1. The van der Waals surface area contributed by atoms with Gasteiger partial charge in [0.15, 0.2) is 0 Å². The Labute approximate surface area is 176 Å². The lowest BCUT2D eigenvalue weighted by molar-refractivity contribution is 0.183. The van der Waals surface area contributed by atoms with Gasteiger partial charge < -0.3 is 15.0 Å². The number of para-hydroxylation sites is 2. The molecule has 1 aliphatic heterocycles. The van der Waals surface area contributed by atoms with Crippen LogP contribution >= 0.6 is 11.6 Å². The Hall–Kier alpha value is -2.29. The Morgan fingerprint density at radius 3 is 2.48 bits per heavy atom. The normalized spacial score (nSPS) is 15.2. The number of nitrogens with zero attached hydrogens (tertiary/aromatic N) is 1. The minimum Gasteiger partial charge on any atom is -0.495 e. The number of likely N-dealkylation sites (tertiary alicyclic amines) is 1. The predicted molar refractivity (Wildman–Crippen MR) is 113 cm³/mol. The van der Waals surface area contributed by atoms with Crippen molar-refractivity contribution in [2.45, 2.75) is 17.7 Å². The summed E-state index contributed by atoms with van der Waals surface area (Å²) in [7, 11) is -2.10. The van der Waals surface area contributed by atoms with Gasteiger partial charge in [-0.1, -0.05) is 35.9 Å². The lowest BCUT2D eigenvalue weighted by Gasteiger charge is -2.32. The first-order chi connectivity index (χ1) is 13.9. The van der Waals surface area contributed by atoms with Gasteiger partial charge >= 0.3 is 6.03 Å². The minimum absolute atomic E-state index is 0.0790. The van der Waals surface area contributed by atoms with Crippen molar-refractivity contribution in [3.05, 3.63) is 53.6 Å². The third-order valence-electron chi connectivity index (χ3n) is 4.94. The molecule has 0 spiro atoms. The van der Waals surface area contributed by atoms with E-state index in [2.05, 4.69) is 10.0 Å². The maximum Gasteiger partial charge on any atom is 0.321 e. The smallest absolute Gasteiger partial charge is 0.321 e. The van der Waals surface area contributed by atoms with E-state index in [1.807, 2.05) is 12.1 Å². The van der Waals surface area contributed by atoms with Crippen molar-refractivity contribution in [3.63, 3.8) is 0 Å². The second kappa shape index (κ2) is 9.47. The third kappa shape index (κ3) is 5.41. The van der Waals surface area contributed by atoms with E-state index < -0.39 is 10.0 Å². The fraction of sp³-hybridized carbons (Fsp3) is 0.350. The van der Waals surface area contributed by atoms with E-state index in [0.717, 1.165) is 0 Å². The second-order valence-electron chi connectivity index (χ2n) is 6.84. The van der Waals surface area contributed by atoms with Crippen LogP contribution in [0, 0.1) is 5.92 Å². The SMILES string of the molecule is COc1ccccc1NC(=O)N1CCC(CNS(=O)(=O)c2ccccc2Cl)CC1. The lowest BCUT2D eigenvalue weighted by atomic mass is 9.97. The number of sulfonamides is 1. The molecule has 2 N–H and O–H groups in total. The van der Waals surface area contributed by atoms with Crippen LogP contribution in [-0.4, -0.2) is 46.1 Å². The maximum absolute atomic E-state index is 12.5. The van der Waals surface area contributed by atoms with Crippen molar-refractivity contribution in [1.82, 2.24) is 9.62 Å². The molecule has 7 nitrogen and oxygen atoms in total. The van der Waals surface area contributed by atoms with E-state index >= 15 is 0 Å². The largest absolute Gasteiger partial charge is 0.495 e. The minimum atomic E-state index is -3.66. The molecule has 0 saturated carbocycles. The molecule has 1 fully saturated rings. The predicted octanol–water partition coefficient (Wildman–Crippen LogP) is 3.57. The van der Waals surface area contributed by atoms with Crippen molar-refractivity contribution < 1.29 is 17.9 Å². The Bertz CT molecular complexity index is 960. The van der Waals surface area contributed by atoms with Crippen LogP contribution in [0.4, 0.5) is 10.5 Å². The molecular weight excluding hydrogens is 414 g/mol. The van der Waals surface area contributed by atoms with E-state index in [4.69, 9.17) is 16.3 Å². The van der Waals surface area contributed by atoms with Gasteiger partial charge in [0.2, 0.25) is 10.0 Å². The molecule has 0 atom stereocenters. The highest BCUT2D eigenvalue weighted by Crippen LogP contribution is 2.25. The Kier molecular flexibility index (Phi) is 7.00. The van der Waals surface area contributed by atoms with Crippen LogP contribution < -0.4 is 14.8 Å². The number of carbonyl (C=O) groups excluding carboxylic acids is 1. The molecule has 2 amide bonds. The molecule has 1 heterocycles. The maximum atomic E-state index is 12.5. The number of carbonyl (C=O) groups is 1. The van der Waals surface area contributed by atoms with E-state index in [1.54, 1.807) is 42.3 Å². The number of hydrogen-bond donors (Lipinski definition) is 2. The number of nitrogens with one attached hydrogen (secondary N) is 2. The van der Waals surface area contributed by atoms with Crippen LogP contribution in [0.3, 0.4) is 0 Å². The summed E-state index contributed by atoms with van der Waals surface area (Å²) < 4.78 is 32.8. The molecule has 2 aromatic rings. The zero-order valence-electron chi connectivity index (χ0n) is 16.1. The van der Waals surface area contributed by atoms with Crippen LogP contribution in [0.5, 0.6) is 5.75 Å². The number of urea groups is 1. The second-order valence-corrected chi connectivity index (χ2v) is 8.99. The molecule has 0 radical (unpaired) electrons. The number of halogens is 1. The summed E-state index contributed by atoms with van der Waals surface area (Å²) in [5, 5.41) is 3.06. The van der Waals surface area contributed by atoms with Crippen molar-refractivity contribution in [2.75, 3.05) is 32.1 Å². The summed E-state index contributed by atoms with van der Waals surface area (Å²) in [6.07, 6.45) is 1.43. The molecule has 29 heavy (non-hydrogen) atoms. The highest BCUT2D eigenvalue weighted by Gasteiger charge is 2.25. The number of amides is 2. The highest BCUT2D eigenvalue weighted by molar-refractivity contribution is 7.89. The van der Waals surface area contributed by atoms with Gasteiger partial charge in [0.05, 0.1) is 17.8 Å². The zero-order chi connectivity index (χ0) is 20.9. The molecule has 0 unspecified atom stereocenters. The summed E-state index contributed by atoms with van der Waals surface area (Å²) in [6, 6.07) is 13.4. The number of rotatable bonds is 6. The van der Waals surface area contributed by atoms with Gasteiger partial charge in [-0.2, -0.15) is 0 Å². The summed E-state index contributed by atoms with van der Waals surface area (Å²) in [6.45, 7) is 1.43. The standard InChI is InChI=1S/C20H24ClN3O4S/c1-28-18-8-4-3-7-17(18)23-20(25)24-12-10-15(11-13-24)14-22-29(26,27)19-9-5-2-6-16(19)21/h2-9,15,22H,10-14H2,1H3,(H,23,25). The van der Waals surface area contributed by atoms with Gasteiger partial charge in [-0.3, -0.25) is 0 Å². The van der Waals surface area contributed by atoms with E-state index in [1.165, 1.54) is 6.07 Å². The van der Waals surface area contributed by atoms with E-state index in [9.17, 15) is 13.2 Å². The fourth-order valence-electron chi connectivity index (χ4n) is 3.25. The van der Waals surface area contributed by atoms with Crippen LogP contribution in [0.25, 0.3) is 0 Å². The summed E-state index contributed by atoms with van der Waals surface area (Å²) >= 11 is 5.99. The summed E-state index contributed by atoms with van der Waals surface area (Å²) in [5.74, 6) is 0.757. The van der Waals surface area contributed by atoms with Gasteiger partial charge in [0.25, 0.3) is 0 Å². The Morgan fingerprint density at radius 2 is 1.79 bits per heavy atom. The van der Waals surface area contributed by atoms with Crippen LogP contribution in [-0.2, 0) is 10.0 Å². The molecule has 0 aromatic heterocycles. The monoisotopic (exact) mass is 437 g/mol. The zero-order valence-corrected chi connectivity index (χ0v) is 17.7. The molecular formula is C20H24ClN3O4S. The molecule has 0 bridgehead atoms. The van der Waals surface area contributed by atoms with Gasteiger partial charge in [-0.25, -0.2) is 17.9 Å². The fourth-order valence-corrected chi connectivity index (χ4v) is 4.88. The van der Waals surface area contributed by atoms with Crippen molar-refractivity contribution in [1.29, 1.82) is 0 Å². The van der Waals surface area contributed by atoms with Gasteiger partial charge in [0.1, 0.15) is 10.6 Å². The van der Waals surface area contributed by atoms with Crippen LogP contribution in [0.1, 0.15) is 12.8 Å². The lowest BCUT2D eigenvalue weighted by Crippen LogP contribution is -2.43. The molecule has 3 rings (SSSR count). The Morgan fingerprint density at radius 1 is 1.14 bits per heavy atom. The average molecular weight is 438 g/mol. The van der Waals surface area contributed by atoms with Crippen LogP contribution in [0.2, 0.25) is 5.02 Å². The van der Waals surface area contributed by atoms with Crippen molar-refractivity contribution in [3.8, 4) is 5.75 Å². The molecule has 1 saturated heterocycles. The van der Waals surface area contributed by atoms with E-state index in [0.29, 0.717) is 43.9 Å². The van der Waals surface area contributed by atoms with Crippen molar-refractivity contribution >= 4 is 33.3 Å².